The van der Waals surface area contributed by atoms with Crippen molar-refractivity contribution in [1.29, 1.82) is 0 Å². The Kier molecular flexibility index (Phi) is 8.35. The Balaban J connectivity index is 1.14. The summed E-state index contributed by atoms with van der Waals surface area (Å²) >= 11 is 0. The molecule has 4 rings (SSSR count). The number of ether oxygens (including phenoxy) is 1. The summed E-state index contributed by atoms with van der Waals surface area (Å²) in [4.78, 5) is 11.6. The number of hydrogen-bond donors (Lipinski definition) is 2. The maximum Gasteiger partial charge on any atom is 0.337 e. The average molecular weight is 447 g/mol. The second-order valence-electron chi connectivity index (χ2n) is 9.63. The lowest BCUT2D eigenvalue weighted by molar-refractivity contribution is 0.0600. The molecule has 4 heteroatoms. The highest BCUT2D eigenvalue weighted by Crippen LogP contribution is 2.40. The molecule has 2 saturated carbocycles. The molecule has 176 valence electrons. The van der Waals surface area contributed by atoms with Crippen LogP contribution in [0.15, 0.2) is 60.2 Å². The van der Waals surface area contributed by atoms with Crippen LogP contribution < -0.4 is 10.6 Å². The summed E-state index contributed by atoms with van der Waals surface area (Å²) in [5, 5.41) is 7.58. The quantitative estimate of drug-likeness (QED) is 0.467. The van der Waals surface area contributed by atoms with Gasteiger partial charge in [-0.2, -0.15) is 0 Å². The van der Waals surface area contributed by atoms with Gasteiger partial charge < -0.3 is 15.4 Å². The zero-order chi connectivity index (χ0) is 23.0. The van der Waals surface area contributed by atoms with Crippen LogP contribution in [0.1, 0.15) is 66.9 Å². The van der Waals surface area contributed by atoms with Crippen LogP contribution in [0.2, 0.25) is 0 Å². The molecule has 0 aliphatic heterocycles. The van der Waals surface area contributed by atoms with Crippen molar-refractivity contribution in [2.75, 3.05) is 13.7 Å². The zero-order valence-electron chi connectivity index (χ0n) is 20.1. The number of nitrogens with one attached hydrogen (secondary N) is 2. The van der Waals surface area contributed by atoms with E-state index in [1.165, 1.54) is 50.3 Å². The Morgan fingerprint density at radius 3 is 2.39 bits per heavy atom. The highest BCUT2D eigenvalue weighted by molar-refractivity contribution is 5.89. The van der Waals surface area contributed by atoms with E-state index in [0.717, 1.165) is 31.3 Å². The van der Waals surface area contributed by atoms with E-state index in [0.29, 0.717) is 17.6 Å². The lowest BCUT2D eigenvalue weighted by Crippen LogP contribution is -2.36. The van der Waals surface area contributed by atoms with Gasteiger partial charge in [-0.05, 0) is 80.2 Å². The number of carbonyl (C=O) groups is 1. The number of carbonyl (C=O) groups excluding carboxylic acids is 1. The summed E-state index contributed by atoms with van der Waals surface area (Å²) in [5.41, 5.74) is 4.73. The third kappa shape index (κ3) is 6.78. The molecule has 2 atom stereocenters. The zero-order valence-corrected chi connectivity index (χ0v) is 20.1. The molecule has 0 saturated heterocycles. The third-order valence-corrected chi connectivity index (χ3v) is 7.31. The van der Waals surface area contributed by atoms with Gasteiger partial charge in [-0.3, -0.25) is 0 Å². The van der Waals surface area contributed by atoms with E-state index in [1.54, 1.807) is 5.57 Å². The lowest BCUT2D eigenvalue weighted by Gasteiger charge is -2.29. The smallest absolute Gasteiger partial charge is 0.337 e. The van der Waals surface area contributed by atoms with Crippen molar-refractivity contribution in [1.82, 2.24) is 10.6 Å². The Hall–Kier alpha value is -2.43. The second-order valence-corrected chi connectivity index (χ2v) is 9.63. The molecular formula is C29H38N2O2. The number of esters is 1. The molecule has 2 aromatic carbocycles. The normalized spacial score (nSPS) is 25.0. The van der Waals surface area contributed by atoms with Gasteiger partial charge in [0.1, 0.15) is 0 Å². The van der Waals surface area contributed by atoms with E-state index < -0.39 is 0 Å². The van der Waals surface area contributed by atoms with Crippen LogP contribution in [-0.2, 0) is 11.3 Å². The number of rotatable bonds is 10. The monoisotopic (exact) mass is 446 g/mol. The average Bonchev–Trinajstić information content (AvgIpc) is 3.65. The third-order valence-electron chi connectivity index (χ3n) is 7.31. The summed E-state index contributed by atoms with van der Waals surface area (Å²) in [6, 6.07) is 19.7. The van der Waals surface area contributed by atoms with Crippen molar-refractivity contribution in [2.24, 2.45) is 11.8 Å². The van der Waals surface area contributed by atoms with Crippen molar-refractivity contribution in [3.05, 3.63) is 76.9 Å². The first-order chi connectivity index (χ1) is 16.2. The van der Waals surface area contributed by atoms with Crippen LogP contribution in [0.5, 0.6) is 0 Å². The van der Waals surface area contributed by atoms with Gasteiger partial charge in [0, 0.05) is 18.6 Å². The minimum Gasteiger partial charge on any atom is -0.465 e. The first-order valence-electron chi connectivity index (χ1n) is 12.6. The van der Waals surface area contributed by atoms with Gasteiger partial charge in [-0.25, -0.2) is 4.79 Å². The van der Waals surface area contributed by atoms with Crippen molar-refractivity contribution in [3.8, 4) is 0 Å². The van der Waals surface area contributed by atoms with E-state index in [9.17, 15) is 4.79 Å². The standard InChI is InChI=1S/C29H38N2O2/c1-3-24(17-21-7-5-4-6-8-21)27-18-28(27)31-20-23-11-15-26(16-12-23)30-19-22-9-13-25(14-10-22)29(32)33-2/h4-10,13-14,17,23,26-28,30-31H,3,11-12,15-16,18-20H2,1-2H3. The molecule has 0 bridgehead atoms. The van der Waals surface area contributed by atoms with Gasteiger partial charge in [0.2, 0.25) is 0 Å². The Morgan fingerprint density at radius 2 is 1.73 bits per heavy atom. The topological polar surface area (TPSA) is 50.4 Å². The molecule has 0 aromatic heterocycles. The van der Waals surface area contributed by atoms with Crippen LogP contribution in [0.4, 0.5) is 0 Å². The fraction of sp³-hybridized carbons (Fsp3) is 0.483. The van der Waals surface area contributed by atoms with Gasteiger partial charge in [-0.15, -0.1) is 0 Å². The molecule has 0 heterocycles. The highest BCUT2D eigenvalue weighted by atomic mass is 16.5. The Morgan fingerprint density at radius 1 is 1.00 bits per heavy atom. The Bertz CT molecular complexity index is 914. The molecule has 33 heavy (non-hydrogen) atoms. The van der Waals surface area contributed by atoms with E-state index in [1.807, 2.05) is 24.3 Å². The van der Waals surface area contributed by atoms with Crippen molar-refractivity contribution in [2.45, 2.75) is 64.1 Å². The van der Waals surface area contributed by atoms with Crippen molar-refractivity contribution in [3.63, 3.8) is 0 Å². The minimum absolute atomic E-state index is 0.280. The largest absolute Gasteiger partial charge is 0.465 e. The molecule has 0 amide bonds. The number of hydrogen-bond acceptors (Lipinski definition) is 4. The summed E-state index contributed by atoms with van der Waals surface area (Å²) in [6.07, 6.45) is 9.90. The van der Waals surface area contributed by atoms with E-state index in [-0.39, 0.29) is 5.97 Å². The van der Waals surface area contributed by atoms with Crippen molar-refractivity contribution >= 4 is 12.0 Å². The van der Waals surface area contributed by atoms with Crippen LogP contribution in [0.25, 0.3) is 6.08 Å². The molecule has 2 fully saturated rings. The molecular weight excluding hydrogens is 408 g/mol. The maximum atomic E-state index is 11.6. The molecule has 2 aromatic rings. The molecule has 2 aliphatic rings. The van der Waals surface area contributed by atoms with Gasteiger partial charge in [0.05, 0.1) is 12.7 Å². The second kappa shape index (κ2) is 11.6. The maximum absolute atomic E-state index is 11.6. The van der Waals surface area contributed by atoms with Gasteiger partial charge in [0.25, 0.3) is 0 Å². The Labute approximate surface area is 198 Å². The SMILES string of the molecule is CCC(=Cc1ccccc1)C1CC1NCC1CCC(NCc2ccc(C(=O)OC)cc2)CC1. The predicted octanol–water partition coefficient (Wildman–Crippen LogP) is 5.59. The van der Waals surface area contributed by atoms with Crippen LogP contribution in [0.3, 0.4) is 0 Å². The summed E-state index contributed by atoms with van der Waals surface area (Å²) in [6.45, 7) is 4.30. The number of benzene rings is 2. The highest BCUT2D eigenvalue weighted by Gasteiger charge is 2.39. The predicted molar refractivity (Wildman–Crippen MR) is 135 cm³/mol. The van der Waals surface area contributed by atoms with Crippen LogP contribution >= 0.6 is 0 Å². The fourth-order valence-electron chi connectivity index (χ4n) is 5.09. The van der Waals surface area contributed by atoms with Crippen LogP contribution in [0, 0.1) is 11.8 Å². The molecule has 2 N–H and O–H groups in total. The summed E-state index contributed by atoms with van der Waals surface area (Å²) < 4.78 is 4.76. The number of methoxy groups -OCH3 is 1. The van der Waals surface area contributed by atoms with E-state index >= 15 is 0 Å². The summed E-state index contributed by atoms with van der Waals surface area (Å²) in [5.74, 6) is 1.24. The van der Waals surface area contributed by atoms with Gasteiger partial charge in [-0.1, -0.05) is 61.0 Å². The first kappa shape index (κ1) is 23.7. The van der Waals surface area contributed by atoms with E-state index in [4.69, 9.17) is 4.74 Å². The molecule has 2 unspecified atom stereocenters. The molecule has 2 aliphatic carbocycles. The summed E-state index contributed by atoms with van der Waals surface area (Å²) in [7, 11) is 1.41. The van der Waals surface area contributed by atoms with Gasteiger partial charge >= 0.3 is 5.97 Å². The fourth-order valence-corrected chi connectivity index (χ4v) is 5.09. The van der Waals surface area contributed by atoms with E-state index in [2.05, 4.69) is 54.0 Å². The lowest BCUT2D eigenvalue weighted by atomic mass is 9.86. The van der Waals surface area contributed by atoms with Gasteiger partial charge in [0.15, 0.2) is 0 Å². The minimum atomic E-state index is -0.280. The first-order valence-corrected chi connectivity index (χ1v) is 12.6. The molecule has 0 spiro atoms. The van der Waals surface area contributed by atoms with Crippen LogP contribution in [-0.4, -0.2) is 31.7 Å². The van der Waals surface area contributed by atoms with Crippen molar-refractivity contribution < 1.29 is 9.53 Å². The molecule has 4 nitrogen and oxygen atoms in total. The molecule has 0 radical (unpaired) electrons.